The quantitative estimate of drug-likeness (QED) is 0.344. The summed E-state index contributed by atoms with van der Waals surface area (Å²) in [6.07, 6.45) is 4.24. The maximum Gasteiger partial charge on any atom is 0.138 e. The first kappa shape index (κ1) is 21.1. The Morgan fingerprint density at radius 2 is 1.69 bits per heavy atom. The van der Waals surface area contributed by atoms with Gasteiger partial charge in [-0.2, -0.15) is 0 Å². The topological polar surface area (TPSA) is 41.1 Å². The van der Waals surface area contributed by atoms with Gasteiger partial charge in [-0.15, -0.1) is 11.3 Å². The van der Waals surface area contributed by atoms with Gasteiger partial charge in [0.05, 0.1) is 11.4 Å². The van der Waals surface area contributed by atoms with E-state index < -0.39 is 0 Å². The second kappa shape index (κ2) is 9.39. The molecule has 1 saturated heterocycles. The van der Waals surface area contributed by atoms with Crippen LogP contribution < -0.4 is 5.32 Å². The first-order valence-electron chi connectivity index (χ1n) is 11.6. The lowest BCUT2D eigenvalue weighted by Crippen LogP contribution is -2.31. The third-order valence-electron chi connectivity index (χ3n) is 6.49. The molecule has 5 heteroatoms. The minimum absolute atomic E-state index is 0.344. The molecule has 2 aromatic heterocycles. The summed E-state index contributed by atoms with van der Waals surface area (Å²) in [6, 6.07) is 20.1. The van der Waals surface area contributed by atoms with E-state index in [0.29, 0.717) is 12.0 Å². The molecule has 0 saturated carbocycles. The van der Waals surface area contributed by atoms with Crippen LogP contribution in [0, 0.1) is 0 Å². The van der Waals surface area contributed by atoms with Crippen LogP contribution >= 0.6 is 11.3 Å². The number of fused-ring (bicyclic) bond motifs is 1. The van der Waals surface area contributed by atoms with E-state index in [1.807, 2.05) is 0 Å². The van der Waals surface area contributed by atoms with E-state index >= 15 is 0 Å². The van der Waals surface area contributed by atoms with Gasteiger partial charge in [0, 0.05) is 17.5 Å². The predicted molar refractivity (Wildman–Crippen MR) is 135 cm³/mol. The van der Waals surface area contributed by atoms with Crippen LogP contribution in [-0.4, -0.2) is 34.5 Å². The van der Waals surface area contributed by atoms with Gasteiger partial charge in [0.2, 0.25) is 0 Å². The first-order valence-corrected chi connectivity index (χ1v) is 12.4. The number of thiophene rings is 1. The van der Waals surface area contributed by atoms with Gasteiger partial charge in [0.15, 0.2) is 0 Å². The standard InChI is InChI=1S/C27H30N4S/c1-19(2)20-10-12-21(13-11-20)23-17-32-27-25(23)26(29-18-30-27)28-16-24(31-14-6-7-15-31)22-8-4-3-5-9-22/h3-5,8-13,17-19,24H,6-7,14-16H2,1-2H3,(H,28,29,30). The van der Waals surface area contributed by atoms with E-state index in [1.165, 1.54) is 35.1 Å². The number of nitrogens with one attached hydrogen (secondary N) is 1. The summed E-state index contributed by atoms with van der Waals surface area (Å²) in [5.41, 5.74) is 5.15. The van der Waals surface area contributed by atoms with Gasteiger partial charge in [-0.3, -0.25) is 4.90 Å². The highest BCUT2D eigenvalue weighted by molar-refractivity contribution is 7.17. The zero-order valence-corrected chi connectivity index (χ0v) is 19.6. The SMILES string of the molecule is CC(C)c1ccc(-c2csc3ncnc(NCC(c4ccccc4)N4CCCC4)c23)cc1. The fourth-order valence-electron chi connectivity index (χ4n) is 4.65. The second-order valence-corrected chi connectivity index (χ2v) is 9.74. The molecular formula is C27H30N4S. The lowest BCUT2D eigenvalue weighted by molar-refractivity contribution is 0.256. The van der Waals surface area contributed by atoms with Gasteiger partial charge < -0.3 is 5.32 Å². The summed E-state index contributed by atoms with van der Waals surface area (Å²) >= 11 is 1.69. The Balaban J connectivity index is 1.45. The third-order valence-corrected chi connectivity index (χ3v) is 7.37. The molecule has 0 radical (unpaired) electrons. The molecule has 1 atom stereocenters. The Hall–Kier alpha value is -2.76. The molecule has 0 aliphatic carbocycles. The highest BCUT2D eigenvalue weighted by Crippen LogP contribution is 2.37. The van der Waals surface area contributed by atoms with Crippen molar-refractivity contribution in [1.29, 1.82) is 0 Å². The zero-order valence-electron chi connectivity index (χ0n) is 18.8. The van der Waals surface area contributed by atoms with Crippen molar-refractivity contribution < 1.29 is 0 Å². The van der Waals surface area contributed by atoms with Gasteiger partial charge in [0.1, 0.15) is 17.0 Å². The van der Waals surface area contributed by atoms with Crippen molar-refractivity contribution in [3.05, 3.63) is 77.4 Å². The van der Waals surface area contributed by atoms with E-state index in [0.717, 1.165) is 35.7 Å². The summed E-state index contributed by atoms with van der Waals surface area (Å²) in [5.74, 6) is 1.46. The molecule has 0 amide bonds. The van der Waals surface area contributed by atoms with Crippen LogP contribution in [0.15, 0.2) is 66.3 Å². The molecule has 0 bridgehead atoms. The molecule has 4 nitrogen and oxygen atoms in total. The number of aromatic nitrogens is 2. The second-order valence-electron chi connectivity index (χ2n) is 8.88. The van der Waals surface area contributed by atoms with E-state index in [2.05, 4.69) is 94.0 Å². The van der Waals surface area contributed by atoms with Crippen molar-refractivity contribution in [3.63, 3.8) is 0 Å². The van der Waals surface area contributed by atoms with E-state index in [-0.39, 0.29) is 0 Å². The smallest absolute Gasteiger partial charge is 0.138 e. The minimum Gasteiger partial charge on any atom is -0.367 e. The summed E-state index contributed by atoms with van der Waals surface area (Å²) in [5, 5.41) is 7.04. The molecule has 164 valence electrons. The number of hydrogen-bond donors (Lipinski definition) is 1. The van der Waals surface area contributed by atoms with Crippen LogP contribution in [0.3, 0.4) is 0 Å². The van der Waals surface area contributed by atoms with Crippen molar-refractivity contribution in [2.75, 3.05) is 25.0 Å². The van der Waals surface area contributed by atoms with Gasteiger partial charge in [-0.1, -0.05) is 68.4 Å². The Labute approximate surface area is 194 Å². The molecule has 4 aromatic rings. The van der Waals surface area contributed by atoms with Crippen LogP contribution in [0.4, 0.5) is 5.82 Å². The number of rotatable bonds is 7. The average molecular weight is 443 g/mol. The molecule has 32 heavy (non-hydrogen) atoms. The van der Waals surface area contributed by atoms with Crippen LogP contribution in [0.5, 0.6) is 0 Å². The molecule has 5 rings (SSSR count). The zero-order chi connectivity index (χ0) is 21.9. The van der Waals surface area contributed by atoms with Crippen molar-refractivity contribution in [2.24, 2.45) is 0 Å². The van der Waals surface area contributed by atoms with Gasteiger partial charge in [-0.05, 0) is 48.5 Å². The predicted octanol–water partition coefficient (Wildman–Crippen LogP) is 6.73. The van der Waals surface area contributed by atoms with Gasteiger partial charge in [-0.25, -0.2) is 9.97 Å². The van der Waals surface area contributed by atoms with Gasteiger partial charge in [0.25, 0.3) is 0 Å². The molecule has 1 fully saturated rings. The van der Waals surface area contributed by atoms with Gasteiger partial charge >= 0.3 is 0 Å². The van der Waals surface area contributed by atoms with Crippen molar-refractivity contribution in [3.8, 4) is 11.1 Å². The van der Waals surface area contributed by atoms with Crippen molar-refractivity contribution in [2.45, 2.75) is 38.6 Å². The molecule has 1 aliphatic rings. The Morgan fingerprint density at radius 1 is 0.938 bits per heavy atom. The number of likely N-dealkylation sites (tertiary alicyclic amines) is 1. The molecule has 3 heterocycles. The maximum absolute atomic E-state index is 4.67. The van der Waals surface area contributed by atoms with Crippen molar-refractivity contribution in [1.82, 2.24) is 14.9 Å². The third kappa shape index (κ3) is 4.27. The minimum atomic E-state index is 0.344. The summed E-state index contributed by atoms with van der Waals surface area (Å²) in [6.45, 7) is 7.61. The van der Waals surface area contributed by atoms with E-state index in [9.17, 15) is 0 Å². The first-order chi connectivity index (χ1) is 15.7. The highest BCUT2D eigenvalue weighted by atomic mass is 32.1. The molecule has 1 N–H and O–H groups in total. The average Bonchev–Trinajstić information content (AvgIpc) is 3.51. The van der Waals surface area contributed by atoms with E-state index in [1.54, 1.807) is 17.7 Å². The molecule has 2 aromatic carbocycles. The summed E-state index contributed by atoms with van der Waals surface area (Å²) < 4.78 is 0. The number of nitrogens with zero attached hydrogens (tertiary/aromatic N) is 3. The van der Waals surface area contributed by atoms with E-state index in [4.69, 9.17) is 0 Å². The monoisotopic (exact) mass is 442 g/mol. The Morgan fingerprint density at radius 3 is 2.41 bits per heavy atom. The summed E-state index contributed by atoms with van der Waals surface area (Å²) in [4.78, 5) is 12.9. The fraction of sp³-hybridized carbons (Fsp3) is 0.333. The Kier molecular flexibility index (Phi) is 6.19. The van der Waals surface area contributed by atoms with Crippen LogP contribution in [0.1, 0.15) is 49.8 Å². The lowest BCUT2D eigenvalue weighted by Gasteiger charge is -2.28. The highest BCUT2D eigenvalue weighted by Gasteiger charge is 2.24. The molecule has 0 spiro atoms. The number of benzene rings is 2. The molecular weight excluding hydrogens is 412 g/mol. The fourth-order valence-corrected chi connectivity index (χ4v) is 5.56. The normalized spacial score (nSPS) is 15.5. The van der Waals surface area contributed by atoms with Crippen LogP contribution in [0.25, 0.3) is 21.3 Å². The summed E-state index contributed by atoms with van der Waals surface area (Å²) in [7, 11) is 0. The molecule has 1 unspecified atom stereocenters. The number of anilines is 1. The Bertz CT molecular complexity index is 1160. The maximum atomic E-state index is 4.67. The number of hydrogen-bond acceptors (Lipinski definition) is 5. The van der Waals surface area contributed by atoms with Crippen LogP contribution in [0.2, 0.25) is 0 Å². The molecule has 1 aliphatic heterocycles. The largest absolute Gasteiger partial charge is 0.367 e. The lowest BCUT2D eigenvalue weighted by atomic mass is 9.99. The van der Waals surface area contributed by atoms with Crippen molar-refractivity contribution >= 4 is 27.4 Å². The van der Waals surface area contributed by atoms with Crippen LogP contribution in [-0.2, 0) is 0 Å².